The predicted octanol–water partition coefficient (Wildman–Crippen LogP) is 2.08. The van der Waals surface area contributed by atoms with Crippen molar-refractivity contribution in [3.05, 3.63) is 29.8 Å². The highest BCUT2D eigenvalue weighted by molar-refractivity contribution is 7.89. The van der Waals surface area contributed by atoms with Crippen molar-refractivity contribution in [1.82, 2.24) is 4.72 Å². The van der Waals surface area contributed by atoms with Crippen LogP contribution >= 0.6 is 0 Å². The van der Waals surface area contributed by atoms with Crippen LogP contribution < -0.4 is 4.72 Å². The molecule has 1 aromatic carbocycles. The molecule has 1 aromatic rings. The molecule has 1 unspecified atom stereocenters. The van der Waals surface area contributed by atoms with Crippen molar-refractivity contribution in [3.63, 3.8) is 0 Å². The first-order valence-corrected chi connectivity index (χ1v) is 7.00. The van der Waals surface area contributed by atoms with Crippen molar-refractivity contribution in [1.29, 1.82) is 0 Å². The Morgan fingerprint density at radius 2 is 1.94 bits per heavy atom. The van der Waals surface area contributed by atoms with E-state index in [2.05, 4.69) is 10.6 Å². The molecule has 17 heavy (non-hydrogen) atoms. The van der Waals surface area contributed by atoms with Crippen LogP contribution in [0, 0.1) is 19.3 Å². The maximum absolute atomic E-state index is 12.0. The smallest absolute Gasteiger partial charge is 0.207 e. The Morgan fingerprint density at radius 1 is 1.35 bits per heavy atom. The summed E-state index contributed by atoms with van der Waals surface area (Å²) < 4.78 is 26.6. The topological polar surface area (TPSA) is 46.2 Å². The molecule has 0 aliphatic carbocycles. The summed E-state index contributed by atoms with van der Waals surface area (Å²) in [7, 11) is -3.46. The lowest BCUT2D eigenvalue weighted by Crippen LogP contribution is -2.34. The molecule has 1 rings (SSSR count). The van der Waals surface area contributed by atoms with Crippen LogP contribution in [0.5, 0.6) is 0 Å². The van der Waals surface area contributed by atoms with Gasteiger partial charge in [-0.15, -0.1) is 12.3 Å². The van der Waals surface area contributed by atoms with E-state index in [0.29, 0.717) is 12.8 Å². The Balaban J connectivity index is 2.89. The summed E-state index contributed by atoms with van der Waals surface area (Å²) in [5, 5.41) is 0. The summed E-state index contributed by atoms with van der Waals surface area (Å²) in [5.41, 5.74) is 1.03. The van der Waals surface area contributed by atoms with Crippen LogP contribution in [0.25, 0.3) is 0 Å². The van der Waals surface area contributed by atoms with Gasteiger partial charge in [0.2, 0.25) is 10.0 Å². The normalized spacial score (nSPS) is 13.0. The zero-order chi connectivity index (χ0) is 12.9. The van der Waals surface area contributed by atoms with Crippen LogP contribution in [-0.4, -0.2) is 14.5 Å². The fraction of sp³-hybridized carbons (Fsp3) is 0.385. The van der Waals surface area contributed by atoms with Crippen LogP contribution in [0.2, 0.25) is 0 Å². The Kier molecular flexibility index (Phi) is 4.73. The SMILES string of the molecule is C#CCC(CC)NS(=O)(=O)c1ccc(C)cc1. The number of benzene rings is 1. The molecule has 0 aliphatic rings. The van der Waals surface area contributed by atoms with E-state index in [1.165, 1.54) is 0 Å². The van der Waals surface area contributed by atoms with E-state index in [-0.39, 0.29) is 10.9 Å². The molecule has 0 saturated carbocycles. The fourth-order valence-electron chi connectivity index (χ4n) is 1.42. The standard InChI is InChI=1S/C13H17NO2S/c1-4-6-12(5-2)14-17(15,16)13-9-7-11(3)8-10-13/h1,7-10,12,14H,5-6H2,2-3H3. The molecular formula is C13H17NO2S. The number of sulfonamides is 1. The van der Waals surface area contributed by atoms with E-state index in [4.69, 9.17) is 6.42 Å². The molecule has 0 bridgehead atoms. The fourth-order valence-corrected chi connectivity index (χ4v) is 2.74. The number of terminal acetylenes is 1. The average molecular weight is 251 g/mol. The first-order valence-electron chi connectivity index (χ1n) is 5.52. The van der Waals surface area contributed by atoms with Gasteiger partial charge in [0.25, 0.3) is 0 Å². The third-order valence-electron chi connectivity index (χ3n) is 2.51. The maximum Gasteiger partial charge on any atom is 0.240 e. The van der Waals surface area contributed by atoms with Gasteiger partial charge in [-0.1, -0.05) is 24.6 Å². The number of aryl methyl sites for hydroxylation is 1. The lowest BCUT2D eigenvalue weighted by molar-refractivity contribution is 0.544. The molecule has 0 fully saturated rings. The van der Waals surface area contributed by atoms with Crippen LogP contribution in [0.15, 0.2) is 29.2 Å². The number of hydrogen-bond donors (Lipinski definition) is 1. The zero-order valence-electron chi connectivity index (χ0n) is 10.1. The highest BCUT2D eigenvalue weighted by atomic mass is 32.2. The average Bonchev–Trinajstić information content (AvgIpc) is 2.28. The Bertz CT molecular complexity index is 497. The Labute approximate surface area is 103 Å². The van der Waals surface area contributed by atoms with E-state index >= 15 is 0 Å². The summed E-state index contributed by atoms with van der Waals surface area (Å²) in [6.45, 7) is 3.82. The molecule has 0 radical (unpaired) electrons. The summed E-state index contributed by atoms with van der Waals surface area (Å²) >= 11 is 0. The molecule has 0 aromatic heterocycles. The van der Waals surface area contributed by atoms with Crippen LogP contribution in [-0.2, 0) is 10.0 Å². The predicted molar refractivity (Wildman–Crippen MR) is 69.0 cm³/mol. The molecule has 0 saturated heterocycles. The van der Waals surface area contributed by atoms with Gasteiger partial charge in [-0.2, -0.15) is 0 Å². The molecular weight excluding hydrogens is 234 g/mol. The zero-order valence-corrected chi connectivity index (χ0v) is 10.9. The number of nitrogens with one attached hydrogen (secondary N) is 1. The second kappa shape index (κ2) is 5.85. The molecule has 1 N–H and O–H groups in total. The molecule has 4 heteroatoms. The van der Waals surface area contributed by atoms with Gasteiger partial charge in [-0.05, 0) is 25.5 Å². The lowest BCUT2D eigenvalue weighted by Gasteiger charge is -2.14. The molecule has 0 heterocycles. The van der Waals surface area contributed by atoms with Crippen molar-refractivity contribution in [2.24, 2.45) is 0 Å². The van der Waals surface area contributed by atoms with Gasteiger partial charge >= 0.3 is 0 Å². The minimum atomic E-state index is -3.46. The summed E-state index contributed by atoms with van der Waals surface area (Å²) in [4.78, 5) is 0.276. The first-order chi connectivity index (χ1) is 7.99. The molecule has 0 amide bonds. The first kappa shape index (κ1) is 13.8. The van der Waals surface area contributed by atoms with Gasteiger partial charge in [0.05, 0.1) is 4.90 Å². The van der Waals surface area contributed by atoms with E-state index in [9.17, 15) is 8.42 Å². The number of rotatable bonds is 5. The Morgan fingerprint density at radius 3 is 2.41 bits per heavy atom. The summed E-state index contributed by atoms with van der Waals surface area (Å²) in [5.74, 6) is 2.47. The summed E-state index contributed by atoms with van der Waals surface area (Å²) in [6, 6.07) is 6.54. The van der Waals surface area contributed by atoms with Gasteiger partial charge in [0.15, 0.2) is 0 Å². The minimum Gasteiger partial charge on any atom is -0.207 e. The second-order valence-corrected chi connectivity index (χ2v) is 5.66. The lowest BCUT2D eigenvalue weighted by atomic mass is 10.2. The molecule has 92 valence electrons. The van der Waals surface area contributed by atoms with E-state index < -0.39 is 10.0 Å². The molecule has 1 atom stereocenters. The summed E-state index contributed by atoms with van der Waals surface area (Å²) in [6.07, 6.45) is 6.28. The molecule has 0 spiro atoms. The van der Waals surface area contributed by atoms with Crippen LogP contribution in [0.4, 0.5) is 0 Å². The quantitative estimate of drug-likeness (QED) is 0.814. The number of hydrogen-bond acceptors (Lipinski definition) is 2. The van der Waals surface area contributed by atoms with Crippen molar-refractivity contribution in [3.8, 4) is 12.3 Å². The second-order valence-electron chi connectivity index (χ2n) is 3.95. The third kappa shape index (κ3) is 3.88. The Hall–Kier alpha value is -1.31. The van der Waals surface area contributed by atoms with Crippen molar-refractivity contribution < 1.29 is 8.42 Å². The van der Waals surface area contributed by atoms with E-state index in [1.807, 2.05) is 13.8 Å². The van der Waals surface area contributed by atoms with Crippen LogP contribution in [0.3, 0.4) is 0 Å². The monoisotopic (exact) mass is 251 g/mol. The maximum atomic E-state index is 12.0. The van der Waals surface area contributed by atoms with Crippen molar-refractivity contribution in [2.75, 3.05) is 0 Å². The van der Waals surface area contributed by atoms with Gasteiger partial charge in [-0.3, -0.25) is 0 Å². The third-order valence-corrected chi connectivity index (χ3v) is 4.05. The minimum absolute atomic E-state index is 0.202. The van der Waals surface area contributed by atoms with E-state index in [1.54, 1.807) is 24.3 Å². The van der Waals surface area contributed by atoms with Gasteiger partial charge in [0.1, 0.15) is 0 Å². The van der Waals surface area contributed by atoms with Gasteiger partial charge < -0.3 is 0 Å². The van der Waals surface area contributed by atoms with Crippen LogP contribution in [0.1, 0.15) is 25.3 Å². The van der Waals surface area contributed by atoms with Gasteiger partial charge in [-0.25, -0.2) is 13.1 Å². The van der Waals surface area contributed by atoms with Gasteiger partial charge in [0, 0.05) is 12.5 Å². The van der Waals surface area contributed by atoms with Crippen molar-refractivity contribution >= 4 is 10.0 Å². The molecule has 0 aliphatic heterocycles. The largest absolute Gasteiger partial charge is 0.240 e. The highest BCUT2D eigenvalue weighted by Crippen LogP contribution is 2.11. The van der Waals surface area contributed by atoms with Crippen molar-refractivity contribution in [2.45, 2.75) is 37.6 Å². The molecule has 3 nitrogen and oxygen atoms in total. The highest BCUT2D eigenvalue weighted by Gasteiger charge is 2.17. The van der Waals surface area contributed by atoms with E-state index in [0.717, 1.165) is 5.56 Å².